The lowest BCUT2D eigenvalue weighted by Crippen LogP contribution is -2.40. The minimum atomic E-state index is -0.219. The van der Waals surface area contributed by atoms with Gasteiger partial charge in [0.25, 0.3) is 11.8 Å². The molecule has 0 radical (unpaired) electrons. The highest BCUT2D eigenvalue weighted by atomic mass is 16.2. The highest BCUT2D eigenvalue weighted by Crippen LogP contribution is 2.32. The standard InChI is InChI=1S/C18H22N2O3/c1-2-6-16(21)19-12-9-10-14-15(11-12)18(23)20(17(14)22)13-7-4-3-5-8-13/h9-11,13H,2-8H2,1H3,(H,19,21). The van der Waals surface area contributed by atoms with Crippen molar-refractivity contribution < 1.29 is 14.4 Å². The molecule has 1 N–H and O–H groups in total. The molecule has 3 amide bonds. The zero-order valence-electron chi connectivity index (χ0n) is 13.4. The SMILES string of the molecule is CCCC(=O)Nc1ccc2c(c1)C(=O)N(C1CCCCC1)C2=O. The molecule has 23 heavy (non-hydrogen) atoms. The molecule has 1 heterocycles. The molecule has 2 aliphatic rings. The Morgan fingerprint density at radius 3 is 2.52 bits per heavy atom. The van der Waals surface area contributed by atoms with Crippen molar-refractivity contribution in [3.63, 3.8) is 0 Å². The van der Waals surface area contributed by atoms with Crippen molar-refractivity contribution in [2.24, 2.45) is 0 Å². The minimum Gasteiger partial charge on any atom is -0.326 e. The van der Waals surface area contributed by atoms with Gasteiger partial charge in [-0.1, -0.05) is 26.2 Å². The van der Waals surface area contributed by atoms with Crippen molar-refractivity contribution in [3.8, 4) is 0 Å². The van der Waals surface area contributed by atoms with Crippen LogP contribution in [0.2, 0.25) is 0 Å². The van der Waals surface area contributed by atoms with E-state index in [0.29, 0.717) is 23.2 Å². The number of imide groups is 1. The topological polar surface area (TPSA) is 66.5 Å². The van der Waals surface area contributed by atoms with E-state index < -0.39 is 0 Å². The molecule has 1 saturated carbocycles. The van der Waals surface area contributed by atoms with Gasteiger partial charge in [0, 0.05) is 18.2 Å². The van der Waals surface area contributed by atoms with Crippen molar-refractivity contribution >= 4 is 23.4 Å². The first kappa shape index (κ1) is 15.7. The van der Waals surface area contributed by atoms with Gasteiger partial charge in [-0.25, -0.2) is 0 Å². The van der Waals surface area contributed by atoms with Crippen molar-refractivity contribution in [3.05, 3.63) is 29.3 Å². The second-order valence-corrected chi connectivity index (χ2v) is 6.33. The number of nitrogens with zero attached hydrogens (tertiary/aromatic N) is 1. The smallest absolute Gasteiger partial charge is 0.261 e. The normalized spacial score (nSPS) is 18.2. The van der Waals surface area contributed by atoms with Crippen LogP contribution in [0.25, 0.3) is 0 Å². The van der Waals surface area contributed by atoms with Gasteiger partial charge < -0.3 is 5.32 Å². The molecule has 5 nitrogen and oxygen atoms in total. The van der Waals surface area contributed by atoms with E-state index >= 15 is 0 Å². The molecule has 0 saturated heterocycles. The van der Waals surface area contributed by atoms with Crippen molar-refractivity contribution in [2.75, 3.05) is 5.32 Å². The first-order chi connectivity index (χ1) is 11.1. The lowest BCUT2D eigenvalue weighted by Gasteiger charge is -2.29. The molecule has 0 unspecified atom stereocenters. The van der Waals surface area contributed by atoms with Gasteiger partial charge in [0.1, 0.15) is 0 Å². The molecule has 1 aliphatic carbocycles. The Balaban J connectivity index is 1.82. The van der Waals surface area contributed by atoms with Crippen LogP contribution in [0, 0.1) is 0 Å². The molecular formula is C18H22N2O3. The monoisotopic (exact) mass is 314 g/mol. The van der Waals surface area contributed by atoms with Gasteiger partial charge in [0.2, 0.25) is 5.91 Å². The van der Waals surface area contributed by atoms with Gasteiger partial charge in [0.05, 0.1) is 11.1 Å². The van der Waals surface area contributed by atoms with E-state index in [4.69, 9.17) is 0 Å². The zero-order chi connectivity index (χ0) is 16.4. The number of carbonyl (C=O) groups is 3. The first-order valence-corrected chi connectivity index (χ1v) is 8.43. The molecule has 0 aromatic heterocycles. The second-order valence-electron chi connectivity index (χ2n) is 6.33. The summed E-state index contributed by atoms with van der Waals surface area (Å²) in [6.07, 6.45) is 6.30. The summed E-state index contributed by atoms with van der Waals surface area (Å²) in [6, 6.07) is 5.00. The molecule has 0 atom stereocenters. The maximum atomic E-state index is 12.7. The van der Waals surface area contributed by atoms with E-state index in [1.54, 1.807) is 18.2 Å². The van der Waals surface area contributed by atoms with Crippen molar-refractivity contribution in [1.82, 2.24) is 4.90 Å². The number of hydrogen-bond donors (Lipinski definition) is 1. The molecular weight excluding hydrogens is 292 g/mol. The van der Waals surface area contributed by atoms with Gasteiger partial charge in [-0.2, -0.15) is 0 Å². The van der Waals surface area contributed by atoms with Gasteiger partial charge in [0.15, 0.2) is 0 Å². The summed E-state index contributed by atoms with van der Waals surface area (Å²) in [5.74, 6) is -0.486. The van der Waals surface area contributed by atoms with Crippen LogP contribution < -0.4 is 5.32 Å². The molecule has 5 heteroatoms. The molecule has 1 aliphatic heterocycles. The summed E-state index contributed by atoms with van der Waals surface area (Å²) in [5.41, 5.74) is 1.44. The third-order valence-electron chi connectivity index (χ3n) is 4.62. The van der Waals surface area contributed by atoms with E-state index in [1.807, 2.05) is 6.92 Å². The van der Waals surface area contributed by atoms with E-state index in [9.17, 15) is 14.4 Å². The predicted octanol–water partition coefficient (Wildman–Crippen LogP) is 3.35. The molecule has 0 bridgehead atoms. The number of carbonyl (C=O) groups excluding carboxylic acids is 3. The lowest BCUT2D eigenvalue weighted by molar-refractivity contribution is -0.116. The highest BCUT2D eigenvalue weighted by molar-refractivity contribution is 6.22. The number of hydrogen-bond acceptors (Lipinski definition) is 3. The Morgan fingerprint density at radius 2 is 1.83 bits per heavy atom. The molecule has 122 valence electrons. The third-order valence-corrected chi connectivity index (χ3v) is 4.62. The van der Waals surface area contributed by atoms with Crippen LogP contribution in [0.4, 0.5) is 5.69 Å². The Labute approximate surface area is 136 Å². The van der Waals surface area contributed by atoms with E-state index in [1.165, 1.54) is 11.3 Å². The summed E-state index contributed by atoms with van der Waals surface area (Å²) in [4.78, 5) is 38.4. The van der Waals surface area contributed by atoms with Gasteiger partial charge in [-0.15, -0.1) is 0 Å². The zero-order valence-corrected chi connectivity index (χ0v) is 13.4. The van der Waals surface area contributed by atoms with Crippen LogP contribution in [0.5, 0.6) is 0 Å². The second kappa shape index (κ2) is 6.52. The molecule has 3 rings (SSSR count). The van der Waals surface area contributed by atoms with Crippen LogP contribution >= 0.6 is 0 Å². The highest BCUT2D eigenvalue weighted by Gasteiger charge is 2.40. The molecule has 0 spiro atoms. The summed E-state index contributed by atoms with van der Waals surface area (Å²) in [7, 11) is 0. The van der Waals surface area contributed by atoms with E-state index in [0.717, 1.165) is 32.1 Å². The van der Waals surface area contributed by atoms with Crippen molar-refractivity contribution in [1.29, 1.82) is 0 Å². The van der Waals surface area contributed by atoms with E-state index in [-0.39, 0.29) is 23.8 Å². The van der Waals surface area contributed by atoms with Crippen LogP contribution in [-0.2, 0) is 4.79 Å². The number of benzene rings is 1. The van der Waals surface area contributed by atoms with E-state index in [2.05, 4.69) is 5.32 Å². The Morgan fingerprint density at radius 1 is 1.13 bits per heavy atom. The number of amides is 3. The molecule has 1 fully saturated rings. The Kier molecular flexibility index (Phi) is 4.46. The summed E-state index contributed by atoms with van der Waals surface area (Å²) < 4.78 is 0. The minimum absolute atomic E-state index is 0.0225. The number of nitrogens with one attached hydrogen (secondary N) is 1. The fourth-order valence-electron chi connectivity index (χ4n) is 3.46. The molecule has 1 aromatic rings. The average Bonchev–Trinajstić information content (AvgIpc) is 2.79. The van der Waals surface area contributed by atoms with Gasteiger partial charge in [-0.05, 0) is 37.5 Å². The number of anilines is 1. The fraction of sp³-hybridized carbons (Fsp3) is 0.500. The third kappa shape index (κ3) is 3.00. The van der Waals surface area contributed by atoms with Gasteiger partial charge in [-0.3, -0.25) is 19.3 Å². The summed E-state index contributed by atoms with van der Waals surface area (Å²) in [6.45, 7) is 1.94. The average molecular weight is 314 g/mol. The quantitative estimate of drug-likeness (QED) is 0.867. The maximum absolute atomic E-state index is 12.7. The fourth-order valence-corrected chi connectivity index (χ4v) is 3.46. The predicted molar refractivity (Wildman–Crippen MR) is 87.4 cm³/mol. The van der Waals surface area contributed by atoms with Crippen LogP contribution in [0.15, 0.2) is 18.2 Å². The van der Waals surface area contributed by atoms with Crippen LogP contribution in [-0.4, -0.2) is 28.7 Å². The Hall–Kier alpha value is -2.17. The summed E-state index contributed by atoms with van der Waals surface area (Å²) in [5, 5.41) is 2.78. The number of rotatable bonds is 4. The maximum Gasteiger partial charge on any atom is 0.261 e. The first-order valence-electron chi connectivity index (χ1n) is 8.43. The van der Waals surface area contributed by atoms with Crippen molar-refractivity contribution in [2.45, 2.75) is 57.9 Å². The van der Waals surface area contributed by atoms with Crippen LogP contribution in [0.3, 0.4) is 0 Å². The summed E-state index contributed by atoms with van der Waals surface area (Å²) >= 11 is 0. The Bertz CT molecular complexity index is 648. The number of fused-ring (bicyclic) bond motifs is 1. The lowest BCUT2D eigenvalue weighted by atomic mass is 9.94. The van der Waals surface area contributed by atoms with Gasteiger partial charge >= 0.3 is 0 Å². The van der Waals surface area contributed by atoms with Crippen LogP contribution in [0.1, 0.15) is 72.6 Å². The molecule has 1 aromatic carbocycles. The largest absolute Gasteiger partial charge is 0.326 e.